The minimum Gasteiger partial charge on any atom is -0.394 e. The zero-order valence-electron chi connectivity index (χ0n) is 14.2. The molecular weight excluding hydrogens is 408 g/mol. The van der Waals surface area contributed by atoms with Crippen molar-refractivity contribution in [2.24, 2.45) is 0 Å². The Hall–Kier alpha value is -2.30. The summed E-state index contributed by atoms with van der Waals surface area (Å²) in [6.45, 7) is 2.95. The number of nitrogens with one attached hydrogen (secondary N) is 1. The molecule has 0 aliphatic heterocycles. The molecule has 3 unspecified atom stereocenters. The molecule has 2 rings (SSSR count). The van der Waals surface area contributed by atoms with Crippen molar-refractivity contribution in [2.75, 3.05) is 6.61 Å². The molecule has 9 nitrogen and oxygen atoms in total. The maximum absolute atomic E-state index is 12.5. The van der Waals surface area contributed by atoms with Crippen molar-refractivity contribution in [2.45, 2.75) is 32.0 Å². The van der Waals surface area contributed by atoms with Crippen molar-refractivity contribution in [1.29, 1.82) is 0 Å². The molecule has 3 atom stereocenters. The first-order valence-corrected chi connectivity index (χ1v) is 8.58. The smallest absolute Gasteiger partial charge is 0.269 e. The van der Waals surface area contributed by atoms with Gasteiger partial charge in [0.2, 0.25) is 5.91 Å². The van der Waals surface area contributed by atoms with Crippen molar-refractivity contribution in [3.05, 3.63) is 56.3 Å². The molecule has 0 saturated carbocycles. The number of carbonyl (C=O) groups is 1. The summed E-state index contributed by atoms with van der Waals surface area (Å²) in [5.41, 5.74) is 1.00. The van der Waals surface area contributed by atoms with Gasteiger partial charge in [0.1, 0.15) is 12.1 Å². The molecule has 0 aliphatic carbocycles. The highest BCUT2D eigenvalue weighted by molar-refractivity contribution is 9.10. The van der Waals surface area contributed by atoms with Gasteiger partial charge in [-0.2, -0.15) is 5.10 Å². The van der Waals surface area contributed by atoms with Crippen LogP contribution in [0, 0.1) is 17.0 Å². The van der Waals surface area contributed by atoms with Crippen LogP contribution in [0.5, 0.6) is 0 Å². The second kappa shape index (κ2) is 8.39. The van der Waals surface area contributed by atoms with E-state index in [2.05, 4.69) is 26.3 Å². The van der Waals surface area contributed by atoms with Crippen LogP contribution in [-0.2, 0) is 4.79 Å². The molecule has 1 aromatic heterocycles. The van der Waals surface area contributed by atoms with Gasteiger partial charge in [0, 0.05) is 12.1 Å². The predicted octanol–water partition coefficient (Wildman–Crippen LogP) is 1.63. The number of rotatable bonds is 7. The number of carbonyl (C=O) groups excluding carboxylic acids is 1. The fraction of sp³-hybridized carbons (Fsp3) is 0.375. The summed E-state index contributed by atoms with van der Waals surface area (Å²) in [6, 6.07) is 3.65. The summed E-state index contributed by atoms with van der Waals surface area (Å²) in [7, 11) is 0. The molecular formula is C16H19BrN4O5. The number of amides is 1. The Morgan fingerprint density at radius 2 is 2.04 bits per heavy atom. The fourth-order valence-electron chi connectivity index (χ4n) is 2.46. The van der Waals surface area contributed by atoms with E-state index >= 15 is 0 Å². The number of nitro benzene ring substituents is 1. The van der Waals surface area contributed by atoms with Gasteiger partial charge >= 0.3 is 0 Å². The lowest BCUT2D eigenvalue weighted by molar-refractivity contribution is -0.384. The summed E-state index contributed by atoms with van der Waals surface area (Å²) >= 11 is 3.32. The van der Waals surface area contributed by atoms with Gasteiger partial charge in [0.15, 0.2) is 0 Å². The SMILES string of the molecule is Cc1c(Br)cnn1C(C)C(=O)NC(CO)C(O)c1ccc([N+](=O)[O-])cc1. The summed E-state index contributed by atoms with van der Waals surface area (Å²) in [6.07, 6.45) is 0.358. The standard InChI is InChI=1S/C16H19BrN4O5/c1-9-13(17)7-18-20(9)10(2)16(24)19-14(8-22)15(23)11-3-5-12(6-4-11)21(25)26/h3-7,10,14-15,22-23H,8H2,1-2H3,(H,19,24). The van der Waals surface area contributed by atoms with Crippen LogP contribution in [0.15, 0.2) is 34.9 Å². The lowest BCUT2D eigenvalue weighted by Gasteiger charge is -2.24. The number of benzene rings is 1. The van der Waals surface area contributed by atoms with Crippen LogP contribution in [0.25, 0.3) is 0 Å². The Morgan fingerprint density at radius 3 is 2.50 bits per heavy atom. The van der Waals surface area contributed by atoms with Crippen LogP contribution in [0.2, 0.25) is 0 Å². The monoisotopic (exact) mass is 426 g/mol. The molecule has 0 bridgehead atoms. The van der Waals surface area contributed by atoms with Crippen LogP contribution in [0.3, 0.4) is 0 Å². The van der Waals surface area contributed by atoms with Crippen LogP contribution >= 0.6 is 15.9 Å². The highest BCUT2D eigenvalue weighted by atomic mass is 79.9. The van der Waals surface area contributed by atoms with E-state index in [9.17, 15) is 25.1 Å². The summed E-state index contributed by atoms with van der Waals surface area (Å²) < 4.78 is 2.29. The van der Waals surface area contributed by atoms with Crippen molar-refractivity contribution >= 4 is 27.5 Å². The molecule has 26 heavy (non-hydrogen) atoms. The molecule has 140 valence electrons. The number of aromatic nitrogens is 2. The van der Waals surface area contributed by atoms with Crippen molar-refractivity contribution in [3.8, 4) is 0 Å². The Balaban J connectivity index is 2.10. The molecule has 1 amide bonds. The lowest BCUT2D eigenvalue weighted by atomic mass is 10.0. The normalized spacial score (nSPS) is 14.5. The number of non-ortho nitro benzene ring substituents is 1. The average Bonchev–Trinajstić information content (AvgIpc) is 2.97. The third kappa shape index (κ3) is 4.26. The number of aliphatic hydroxyl groups excluding tert-OH is 2. The Labute approximate surface area is 157 Å². The quantitative estimate of drug-likeness (QED) is 0.455. The van der Waals surface area contributed by atoms with Crippen molar-refractivity contribution < 1.29 is 19.9 Å². The Morgan fingerprint density at radius 1 is 1.42 bits per heavy atom. The van der Waals surface area contributed by atoms with Gasteiger partial charge in [-0.1, -0.05) is 0 Å². The number of halogens is 1. The second-order valence-electron chi connectivity index (χ2n) is 5.79. The lowest BCUT2D eigenvalue weighted by Crippen LogP contribution is -2.44. The minimum absolute atomic E-state index is 0.112. The minimum atomic E-state index is -1.22. The second-order valence-corrected chi connectivity index (χ2v) is 6.64. The van der Waals surface area contributed by atoms with Crippen molar-refractivity contribution in [3.63, 3.8) is 0 Å². The molecule has 0 fully saturated rings. The van der Waals surface area contributed by atoms with Crippen LogP contribution in [0.1, 0.15) is 30.3 Å². The van der Waals surface area contributed by atoms with Gasteiger partial charge in [0.25, 0.3) is 5.69 Å². The molecule has 0 spiro atoms. The highest BCUT2D eigenvalue weighted by Crippen LogP contribution is 2.22. The van der Waals surface area contributed by atoms with Gasteiger partial charge < -0.3 is 15.5 Å². The van der Waals surface area contributed by atoms with E-state index in [4.69, 9.17) is 0 Å². The van der Waals surface area contributed by atoms with Gasteiger partial charge in [0.05, 0.1) is 33.9 Å². The van der Waals surface area contributed by atoms with Gasteiger partial charge in [-0.15, -0.1) is 0 Å². The molecule has 1 aromatic carbocycles. The first-order chi connectivity index (χ1) is 12.3. The first-order valence-electron chi connectivity index (χ1n) is 7.79. The highest BCUT2D eigenvalue weighted by Gasteiger charge is 2.26. The third-order valence-corrected chi connectivity index (χ3v) is 4.86. The van der Waals surface area contributed by atoms with E-state index in [1.807, 2.05) is 0 Å². The topological polar surface area (TPSA) is 131 Å². The van der Waals surface area contributed by atoms with Gasteiger partial charge in [-0.3, -0.25) is 19.6 Å². The summed E-state index contributed by atoms with van der Waals surface area (Å²) in [4.78, 5) is 22.6. The van der Waals surface area contributed by atoms with E-state index in [-0.39, 0.29) is 5.69 Å². The Kier molecular flexibility index (Phi) is 6.46. The number of aliphatic hydroxyl groups is 2. The molecule has 0 radical (unpaired) electrons. The maximum atomic E-state index is 12.5. The van der Waals surface area contributed by atoms with Gasteiger partial charge in [-0.05, 0) is 47.5 Å². The zero-order chi connectivity index (χ0) is 19.4. The van der Waals surface area contributed by atoms with E-state index in [1.165, 1.54) is 28.9 Å². The fourth-order valence-corrected chi connectivity index (χ4v) is 2.73. The predicted molar refractivity (Wildman–Crippen MR) is 96.4 cm³/mol. The Bertz CT molecular complexity index is 792. The van der Waals surface area contributed by atoms with E-state index in [1.54, 1.807) is 20.0 Å². The largest absolute Gasteiger partial charge is 0.394 e. The van der Waals surface area contributed by atoms with Gasteiger partial charge in [-0.25, -0.2) is 0 Å². The molecule has 10 heteroatoms. The first kappa shape index (κ1) is 20.0. The molecule has 0 saturated heterocycles. The molecule has 1 heterocycles. The summed E-state index contributed by atoms with van der Waals surface area (Å²) in [5.74, 6) is -0.427. The van der Waals surface area contributed by atoms with E-state index < -0.39 is 35.6 Å². The average molecular weight is 427 g/mol. The molecule has 2 aromatic rings. The number of nitro groups is 1. The number of hydrogen-bond donors (Lipinski definition) is 3. The maximum Gasteiger partial charge on any atom is 0.269 e. The summed E-state index contributed by atoms with van der Waals surface area (Å²) in [5, 5.41) is 37.3. The zero-order valence-corrected chi connectivity index (χ0v) is 15.8. The van der Waals surface area contributed by atoms with Crippen molar-refractivity contribution in [1.82, 2.24) is 15.1 Å². The van der Waals surface area contributed by atoms with E-state index in [0.717, 1.165) is 10.2 Å². The van der Waals surface area contributed by atoms with Crippen LogP contribution in [0.4, 0.5) is 5.69 Å². The third-order valence-electron chi connectivity index (χ3n) is 4.08. The number of nitrogens with zero attached hydrogens (tertiary/aromatic N) is 3. The van der Waals surface area contributed by atoms with E-state index in [0.29, 0.717) is 5.56 Å². The molecule has 0 aliphatic rings. The molecule has 3 N–H and O–H groups in total. The van der Waals surface area contributed by atoms with Crippen LogP contribution in [-0.4, -0.2) is 43.5 Å². The number of hydrogen-bond acceptors (Lipinski definition) is 6. The van der Waals surface area contributed by atoms with Crippen LogP contribution < -0.4 is 5.32 Å².